The number of methoxy groups -OCH3 is 2. The van der Waals surface area contributed by atoms with Gasteiger partial charge in [0.05, 0.1) is 19.1 Å². The molecule has 1 saturated heterocycles. The number of sulfonamides is 1. The molecule has 0 aromatic heterocycles. The summed E-state index contributed by atoms with van der Waals surface area (Å²) >= 11 is 0. The summed E-state index contributed by atoms with van der Waals surface area (Å²) in [6, 6.07) is 14.3. The molecule has 1 unspecified atom stereocenters. The maximum absolute atomic E-state index is 13.0. The van der Waals surface area contributed by atoms with E-state index in [1.165, 1.54) is 0 Å². The summed E-state index contributed by atoms with van der Waals surface area (Å²) in [5.74, 6) is 1.41. The molecule has 0 saturated carbocycles. The van der Waals surface area contributed by atoms with Gasteiger partial charge in [-0.25, -0.2) is 8.42 Å². The fourth-order valence-corrected chi connectivity index (χ4v) is 4.61. The zero-order valence-corrected chi connectivity index (χ0v) is 16.1. The molecule has 0 radical (unpaired) electrons. The number of likely N-dealkylation sites (N-methyl/N-ethyl adjacent to an activating group) is 1. The van der Waals surface area contributed by atoms with E-state index in [1.807, 2.05) is 31.3 Å². The van der Waals surface area contributed by atoms with Crippen molar-refractivity contribution in [2.24, 2.45) is 0 Å². The van der Waals surface area contributed by atoms with Gasteiger partial charge in [-0.2, -0.15) is 4.31 Å². The van der Waals surface area contributed by atoms with Crippen LogP contribution >= 0.6 is 0 Å². The van der Waals surface area contributed by atoms with E-state index in [4.69, 9.17) is 9.47 Å². The molecule has 1 heterocycles. The van der Waals surface area contributed by atoms with E-state index in [1.54, 1.807) is 42.8 Å². The molecule has 1 fully saturated rings. The van der Waals surface area contributed by atoms with E-state index < -0.39 is 10.0 Å². The smallest absolute Gasteiger partial charge is 0.243 e. The van der Waals surface area contributed by atoms with Crippen molar-refractivity contribution in [2.45, 2.75) is 10.9 Å². The predicted molar refractivity (Wildman–Crippen MR) is 100 cm³/mol. The van der Waals surface area contributed by atoms with Gasteiger partial charge < -0.3 is 9.47 Å². The zero-order chi connectivity index (χ0) is 18.7. The molecule has 0 bridgehead atoms. The molecule has 7 heteroatoms. The van der Waals surface area contributed by atoms with Crippen LogP contribution in [0.4, 0.5) is 0 Å². The Labute approximate surface area is 155 Å². The van der Waals surface area contributed by atoms with Crippen LogP contribution in [0.25, 0.3) is 0 Å². The average Bonchev–Trinajstić information content (AvgIpc) is 2.68. The first-order chi connectivity index (χ1) is 12.5. The molecule has 2 aromatic carbocycles. The molecule has 26 heavy (non-hydrogen) atoms. The van der Waals surface area contributed by atoms with Gasteiger partial charge in [-0.1, -0.05) is 12.1 Å². The SMILES string of the molecule is COc1ccc(S(=O)(=O)N2CCN(C)C(c3cccc(OC)c3)C2)cc1. The number of hydrogen-bond acceptors (Lipinski definition) is 5. The lowest BCUT2D eigenvalue weighted by atomic mass is 10.0. The summed E-state index contributed by atoms with van der Waals surface area (Å²) in [5.41, 5.74) is 1.04. The number of benzene rings is 2. The third kappa shape index (κ3) is 3.70. The first-order valence-electron chi connectivity index (χ1n) is 8.44. The van der Waals surface area contributed by atoms with Crippen LogP contribution in [0.1, 0.15) is 11.6 Å². The van der Waals surface area contributed by atoms with Gasteiger partial charge in [0.15, 0.2) is 0 Å². The normalized spacial score (nSPS) is 19.3. The number of piperazine rings is 1. The van der Waals surface area contributed by atoms with Crippen molar-refractivity contribution in [3.05, 3.63) is 54.1 Å². The summed E-state index contributed by atoms with van der Waals surface area (Å²) in [6.45, 7) is 1.53. The van der Waals surface area contributed by atoms with E-state index in [0.29, 0.717) is 25.4 Å². The van der Waals surface area contributed by atoms with Gasteiger partial charge in [-0.05, 0) is 49.0 Å². The van der Waals surface area contributed by atoms with E-state index in [-0.39, 0.29) is 10.9 Å². The molecule has 0 N–H and O–H groups in total. The average molecular weight is 376 g/mol. The van der Waals surface area contributed by atoms with Crippen molar-refractivity contribution >= 4 is 10.0 Å². The van der Waals surface area contributed by atoms with Gasteiger partial charge in [0.25, 0.3) is 0 Å². The lowest BCUT2D eigenvalue weighted by molar-refractivity contribution is 0.148. The summed E-state index contributed by atoms with van der Waals surface area (Å²) < 4.78 is 38.0. The van der Waals surface area contributed by atoms with Crippen LogP contribution in [0, 0.1) is 0 Å². The van der Waals surface area contributed by atoms with Crippen LogP contribution < -0.4 is 9.47 Å². The lowest BCUT2D eigenvalue weighted by Crippen LogP contribution is -2.48. The minimum Gasteiger partial charge on any atom is -0.497 e. The molecule has 0 aliphatic carbocycles. The Morgan fingerprint density at radius 3 is 2.31 bits per heavy atom. The third-order valence-corrected chi connectivity index (χ3v) is 6.67. The highest BCUT2D eigenvalue weighted by Crippen LogP contribution is 2.30. The van der Waals surface area contributed by atoms with Crippen molar-refractivity contribution in [2.75, 3.05) is 40.9 Å². The molecule has 3 rings (SSSR count). The second-order valence-electron chi connectivity index (χ2n) is 6.31. The minimum absolute atomic E-state index is 0.0214. The second kappa shape index (κ2) is 7.65. The summed E-state index contributed by atoms with van der Waals surface area (Å²) in [4.78, 5) is 2.46. The maximum atomic E-state index is 13.0. The topological polar surface area (TPSA) is 59.1 Å². The van der Waals surface area contributed by atoms with Crippen molar-refractivity contribution in [3.8, 4) is 11.5 Å². The Morgan fingerprint density at radius 1 is 0.962 bits per heavy atom. The van der Waals surface area contributed by atoms with E-state index >= 15 is 0 Å². The summed E-state index contributed by atoms with van der Waals surface area (Å²) in [7, 11) is 1.66. The number of rotatable bonds is 5. The molecule has 1 aliphatic rings. The van der Waals surface area contributed by atoms with E-state index in [0.717, 1.165) is 11.3 Å². The van der Waals surface area contributed by atoms with E-state index in [9.17, 15) is 8.42 Å². The van der Waals surface area contributed by atoms with Crippen molar-refractivity contribution in [3.63, 3.8) is 0 Å². The van der Waals surface area contributed by atoms with Crippen LogP contribution in [0.15, 0.2) is 53.4 Å². The Kier molecular flexibility index (Phi) is 5.50. The number of nitrogens with zero attached hydrogens (tertiary/aromatic N) is 2. The van der Waals surface area contributed by atoms with Crippen molar-refractivity contribution in [1.82, 2.24) is 9.21 Å². The third-order valence-electron chi connectivity index (χ3n) is 4.79. The molecule has 2 aromatic rings. The van der Waals surface area contributed by atoms with Gasteiger partial charge in [0.2, 0.25) is 10.0 Å². The highest BCUT2D eigenvalue weighted by Gasteiger charge is 2.33. The van der Waals surface area contributed by atoms with E-state index in [2.05, 4.69) is 4.90 Å². The van der Waals surface area contributed by atoms with Crippen LogP contribution in [0.2, 0.25) is 0 Å². The molecule has 0 amide bonds. The largest absolute Gasteiger partial charge is 0.497 e. The van der Waals surface area contributed by atoms with Gasteiger partial charge in [0.1, 0.15) is 11.5 Å². The highest BCUT2D eigenvalue weighted by molar-refractivity contribution is 7.89. The van der Waals surface area contributed by atoms with Crippen molar-refractivity contribution < 1.29 is 17.9 Å². The quantitative estimate of drug-likeness (QED) is 0.802. The summed E-state index contributed by atoms with van der Waals surface area (Å²) in [5, 5.41) is 0. The molecule has 1 aliphatic heterocycles. The minimum atomic E-state index is -3.55. The maximum Gasteiger partial charge on any atom is 0.243 e. The van der Waals surface area contributed by atoms with Gasteiger partial charge in [-0.3, -0.25) is 4.90 Å². The molecule has 140 valence electrons. The fraction of sp³-hybridized carbons (Fsp3) is 0.368. The highest BCUT2D eigenvalue weighted by atomic mass is 32.2. The van der Waals surface area contributed by atoms with Gasteiger partial charge in [0, 0.05) is 25.7 Å². The number of ether oxygens (including phenoxy) is 2. The molecule has 6 nitrogen and oxygen atoms in total. The number of hydrogen-bond donors (Lipinski definition) is 0. The molecule has 0 spiro atoms. The Hall–Kier alpha value is -2.09. The standard InChI is InChI=1S/C19H24N2O4S/c1-20-11-12-21(14-19(20)15-5-4-6-17(13-15)25-3)26(22,23)18-9-7-16(24-2)8-10-18/h4-10,13,19H,11-12,14H2,1-3H3. The predicted octanol–water partition coefficient (Wildman–Crippen LogP) is 2.38. The van der Waals surface area contributed by atoms with Crippen LogP contribution in [-0.2, 0) is 10.0 Å². The Balaban J connectivity index is 1.86. The Morgan fingerprint density at radius 2 is 1.65 bits per heavy atom. The summed E-state index contributed by atoms with van der Waals surface area (Å²) in [6.07, 6.45) is 0. The van der Waals surface area contributed by atoms with Crippen LogP contribution in [0.5, 0.6) is 11.5 Å². The monoisotopic (exact) mass is 376 g/mol. The first kappa shape index (κ1) is 18.7. The molecular formula is C19H24N2O4S. The van der Waals surface area contributed by atoms with Crippen molar-refractivity contribution in [1.29, 1.82) is 0 Å². The first-order valence-corrected chi connectivity index (χ1v) is 9.88. The van der Waals surface area contributed by atoms with Gasteiger partial charge >= 0.3 is 0 Å². The van der Waals surface area contributed by atoms with Gasteiger partial charge in [-0.15, -0.1) is 0 Å². The fourth-order valence-electron chi connectivity index (χ4n) is 3.17. The lowest BCUT2D eigenvalue weighted by Gasteiger charge is -2.39. The molecular weight excluding hydrogens is 352 g/mol. The Bertz CT molecular complexity index is 852. The van der Waals surface area contributed by atoms with Crippen LogP contribution in [0.3, 0.4) is 0 Å². The second-order valence-corrected chi connectivity index (χ2v) is 8.25. The van der Waals surface area contributed by atoms with Crippen LogP contribution in [-0.4, -0.2) is 58.5 Å². The zero-order valence-electron chi connectivity index (χ0n) is 15.3. The molecule has 1 atom stereocenters.